The van der Waals surface area contributed by atoms with E-state index in [-0.39, 0.29) is 11.9 Å². The summed E-state index contributed by atoms with van der Waals surface area (Å²) < 4.78 is 5.40. The van der Waals surface area contributed by atoms with Crippen LogP contribution in [-0.2, 0) is 0 Å². The molecular formula is C18H22N2O2. The van der Waals surface area contributed by atoms with Gasteiger partial charge < -0.3 is 9.42 Å². The molecule has 116 valence electrons. The lowest BCUT2D eigenvalue weighted by atomic mass is 10.1. The van der Waals surface area contributed by atoms with Crippen molar-refractivity contribution in [3.8, 4) is 0 Å². The van der Waals surface area contributed by atoms with E-state index in [0.717, 1.165) is 42.0 Å². The lowest BCUT2D eigenvalue weighted by molar-refractivity contribution is 0.0731. The van der Waals surface area contributed by atoms with Crippen LogP contribution in [0.1, 0.15) is 66.0 Å². The largest absolute Gasteiger partial charge is 0.361 e. The number of hydrogen-bond acceptors (Lipinski definition) is 3. The predicted octanol–water partition coefficient (Wildman–Crippen LogP) is 4.08. The van der Waals surface area contributed by atoms with Crippen LogP contribution in [0, 0.1) is 6.92 Å². The summed E-state index contributed by atoms with van der Waals surface area (Å²) in [6.45, 7) is 6.96. The number of hydrogen-bond donors (Lipinski definition) is 0. The fourth-order valence-corrected chi connectivity index (χ4v) is 2.91. The van der Waals surface area contributed by atoms with Crippen molar-refractivity contribution in [1.82, 2.24) is 10.1 Å². The van der Waals surface area contributed by atoms with Gasteiger partial charge in [-0.15, -0.1) is 0 Å². The highest BCUT2D eigenvalue weighted by atomic mass is 16.5. The van der Waals surface area contributed by atoms with Crippen LogP contribution in [0.4, 0.5) is 0 Å². The summed E-state index contributed by atoms with van der Waals surface area (Å²) in [5, 5.41) is 4.19. The molecule has 0 spiro atoms. The predicted molar refractivity (Wildman–Crippen MR) is 84.8 cm³/mol. The van der Waals surface area contributed by atoms with Gasteiger partial charge in [0.05, 0.1) is 6.04 Å². The van der Waals surface area contributed by atoms with E-state index >= 15 is 0 Å². The number of nitrogens with zero attached hydrogens (tertiary/aromatic N) is 2. The molecule has 4 nitrogen and oxygen atoms in total. The summed E-state index contributed by atoms with van der Waals surface area (Å²) in [4.78, 5) is 14.7. The van der Waals surface area contributed by atoms with Crippen LogP contribution in [0.5, 0.6) is 0 Å². The molecule has 4 heteroatoms. The molecule has 2 heterocycles. The summed E-state index contributed by atoms with van der Waals surface area (Å²) in [5.41, 5.74) is 2.78. The van der Waals surface area contributed by atoms with E-state index in [4.69, 9.17) is 4.52 Å². The van der Waals surface area contributed by atoms with Gasteiger partial charge in [0.2, 0.25) is 0 Å². The average molecular weight is 298 g/mol. The third-order valence-electron chi connectivity index (χ3n) is 4.27. The monoisotopic (exact) mass is 298 g/mol. The molecule has 0 radical (unpaired) electrons. The summed E-state index contributed by atoms with van der Waals surface area (Å²) in [5.74, 6) is 1.27. The Balaban J connectivity index is 1.83. The number of benzene rings is 1. The van der Waals surface area contributed by atoms with Crippen LogP contribution in [0.2, 0.25) is 0 Å². The van der Waals surface area contributed by atoms with Gasteiger partial charge in [-0.2, -0.15) is 0 Å². The molecule has 22 heavy (non-hydrogen) atoms. The molecule has 0 aliphatic carbocycles. The number of likely N-dealkylation sites (tertiary alicyclic amines) is 1. The van der Waals surface area contributed by atoms with Gasteiger partial charge in [0, 0.05) is 24.1 Å². The fraction of sp³-hybridized carbons (Fsp3) is 0.444. The molecule has 0 saturated carbocycles. The van der Waals surface area contributed by atoms with Crippen LogP contribution in [0.3, 0.4) is 0 Å². The van der Waals surface area contributed by atoms with Gasteiger partial charge in [-0.3, -0.25) is 4.79 Å². The Hall–Kier alpha value is -2.10. The van der Waals surface area contributed by atoms with Crippen molar-refractivity contribution in [2.45, 2.75) is 45.6 Å². The lowest BCUT2D eigenvalue weighted by Gasteiger charge is -2.23. The third kappa shape index (κ3) is 2.78. The normalized spacial score (nSPS) is 18.2. The Kier molecular flexibility index (Phi) is 4.01. The van der Waals surface area contributed by atoms with Gasteiger partial charge in [0.1, 0.15) is 11.5 Å². The first-order chi connectivity index (χ1) is 10.6. The maximum atomic E-state index is 12.8. The highest BCUT2D eigenvalue weighted by molar-refractivity contribution is 5.94. The maximum absolute atomic E-state index is 12.8. The van der Waals surface area contributed by atoms with Gasteiger partial charge in [-0.1, -0.05) is 36.7 Å². The highest BCUT2D eigenvalue weighted by Gasteiger charge is 2.32. The van der Waals surface area contributed by atoms with Crippen molar-refractivity contribution in [1.29, 1.82) is 0 Å². The van der Waals surface area contributed by atoms with Crippen LogP contribution in [0.15, 0.2) is 34.9 Å². The highest BCUT2D eigenvalue weighted by Crippen LogP contribution is 2.33. The Bertz CT molecular complexity index is 658. The number of amides is 1. The smallest absolute Gasteiger partial charge is 0.254 e. The van der Waals surface area contributed by atoms with E-state index in [2.05, 4.69) is 19.0 Å². The first-order valence-electron chi connectivity index (χ1n) is 7.90. The number of aryl methyl sites for hydroxylation is 1. The molecule has 3 rings (SSSR count). The van der Waals surface area contributed by atoms with Crippen molar-refractivity contribution in [2.75, 3.05) is 6.54 Å². The van der Waals surface area contributed by atoms with Crippen LogP contribution in [0.25, 0.3) is 0 Å². The van der Waals surface area contributed by atoms with Crippen LogP contribution < -0.4 is 0 Å². The Morgan fingerprint density at radius 1 is 1.32 bits per heavy atom. The number of carbonyl (C=O) groups is 1. The third-order valence-corrected chi connectivity index (χ3v) is 4.27. The molecule has 1 aromatic carbocycles. The zero-order valence-electron chi connectivity index (χ0n) is 13.4. The quantitative estimate of drug-likeness (QED) is 0.857. The zero-order chi connectivity index (χ0) is 15.7. The van der Waals surface area contributed by atoms with E-state index in [1.807, 2.05) is 42.2 Å². The van der Waals surface area contributed by atoms with Crippen molar-refractivity contribution in [2.24, 2.45) is 0 Å². The molecule has 1 atom stereocenters. The van der Waals surface area contributed by atoms with E-state index in [0.29, 0.717) is 5.92 Å². The van der Waals surface area contributed by atoms with Crippen LogP contribution in [-0.4, -0.2) is 22.5 Å². The van der Waals surface area contributed by atoms with Crippen molar-refractivity contribution >= 4 is 5.91 Å². The first-order valence-corrected chi connectivity index (χ1v) is 7.90. The summed E-state index contributed by atoms with van der Waals surface area (Å²) in [7, 11) is 0. The minimum atomic E-state index is 0.0325. The van der Waals surface area contributed by atoms with E-state index in [9.17, 15) is 4.79 Å². The van der Waals surface area contributed by atoms with Crippen LogP contribution >= 0.6 is 0 Å². The molecule has 1 aliphatic heterocycles. The summed E-state index contributed by atoms with van der Waals surface area (Å²) in [6, 6.07) is 9.78. The molecule has 1 fully saturated rings. The minimum absolute atomic E-state index is 0.0325. The standard InChI is InChI=1S/C18H22N2O2/c1-12(2)17-11-15(19-22-17)16-5-4-10-20(16)18(21)14-8-6-13(3)7-9-14/h6-9,11-12,16H,4-5,10H2,1-3H3/t16-/m0/s1. The molecule has 0 unspecified atom stereocenters. The van der Waals surface area contributed by atoms with Gasteiger partial charge in [0.25, 0.3) is 5.91 Å². The zero-order valence-corrected chi connectivity index (χ0v) is 13.4. The van der Waals surface area contributed by atoms with Gasteiger partial charge in [-0.25, -0.2) is 0 Å². The van der Waals surface area contributed by atoms with E-state index in [1.165, 1.54) is 0 Å². The van der Waals surface area contributed by atoms with E-state index in [1.54, 1.807) is 0 Å². The Morgan fingerprint density at radius 2 is 2.05 bits per heavy atom. The molecule has 2 aromatic rings. The minimum Gasteiger partial charge on any atom is -0.361 e. The van der Waals surface area contributed by atoms with Gasteiger partial charge >= 0.3 is 0 Å². The Labute approximate surface area is 131 Å². The van der Waals surface area contributed by atoms with Gasteiger partial charge in [-0.05, 0) is 31.9 Å². The van der Waals surface area contributed by atoms with Gasteiger partial charge in [0.15, 0.2) is 0 Å². The molecule has 1 saturated heterocycles. The number of carbonyl (C=O) groups excluding carboxylic acids is 1. The van der Waals surface area contributed by atoms with Crippen molar-refractivity contribution in [3.63, 3.8) is 0 Å². The van der Waals surface area contributed by atoms with Crippen molar-refractivity contribution in [3.05, 3.63) is 52.9 Å². The lowest BCUT2D eigenvalue weighted by Crippen LogP contribution is -2.30. The fourth-order valence-electron chi connectivity index (χ4n) is 2.91. The topological polar surface area (TPSA) is 46.3 Å². The second kappa shape index (κ2) is 5.95. The average Bonchev–Trinajstić information content (AvgIpc) is 3.16. The molecular weight excluding hydrogens is 276 g/mol. The maximum Gasteiger partial charge on any atom is 0.254 e. The summed E-state index contributed by atoms with van der Waals surface area (Å²) in [6.07, 6.45) is 1.95. The number of rotatable bonds is 3. The molecule has 0 bridgehead atoms. The summed E-state index contributed by atoms with van der Waals surface area (Å²) >= 11 is 0. The second-order valence-corrected chi connectivity index (χ2v) is 6.33. The SMILES string of the molecule is Cc1ccc(C(=O)N2CCC[C@H]2c2cc(C(C)C)on2)cc1. The Morgan fingerprint density at radius 3 is 2.68 bits per heavy atom. The molecule has 1 amide bonds. The number of aromatic nitrogens is 1. The molecule has 1 aromatic heterocycles. The van der Waals surface area contributed by atoms with E-state index < -0.39 is 0 Å². The second-order valence-electron chi connectivity index (χ2n) is 6.33. The first kappa shape index (κ1) is 14.8. The molecule has 1 aliphatic rings. The molecule has 0 N–H and O–H groups in total. The van der Waals surface area contributed by atoms with Crippen molar-refractivity contribution < 1.29 is 9.32 Å².